The van der Waals surface area contributed by atoms with Crippen LogP contribution in [0.1, 0.15) is 16.7 Å². The summed E-state index contributed by atoms with van der Waals surface area (Å²) in [6, 6.07) is 12.0. The second-order valence-electron chi connectivity index (χ2n) is 4.83. The first-order valence-corrected chi connectivity index (χ1v) is 7.19. The van der Waals surface area contributed by atoms with Gasteiger partial charge in [-0.25, -0.2) is 0 Å². The summed E-state index contributed by atoms with van der Waals surface area (Å²) >= 11 is 6.27. The molecular formula is C17H20ClNO2. The molecule has 0 spiro atoms. The molecule has 0 saturated heterocycles. The molecule has 0 fully saturated rings. The highest BCUT2D eigenvalue weighted by Crippen LogP contribution is 2.33. The van der Waals surface area contributed by atoms with Crippen molar-refractivity contribution in [3.05, 3.63) is 58.1 Å². The van der Waals surface area contributed by atoms with Crippen LogP contribution in [0.2, 0.25) is 5.02 Å². The molecule has 0 amide bonds. The lowest BCUT2D eigenvalue weighted by atomic mass is 10.1. The normalized spacial score (nSPS) is 10.5. The van der Waals surface area contributed by atoms with Crippen LogP contribution in [0.5, 0.6) is 11.5 Å². The van der Waals surface area contributed by atoms with Gasteiger partial charge in [0.1, 0.15) is 0 Å². The molecule has 0 heterocycles. The van der Waals surface area contributed by atoms with Crippen molar-refractivity contribution in [1.82, 2.24) is 5.32 Å². The van der Waals surface area contributed by atoms with Crippen LogP contribution >= 0.6 is 11.6 Å². The zero-order valence-electron chi connectivity index (χ0n) is 12.6. The molecule has 0 aliphatic heterocycles. The Morgan fingerprint density at radius 3 is 2.24 bits per heavy atom. The van der Waals surface area contributed by atoms with E-state index in [1.54, 1.807) is 20.3 Å². The summed E-state index contributed by atoms with van der Waals surface area (Å²) in [7, 11) is 3.22. The summed E-state index contributed by atoms with van der Waals surface area (Å²) < 4.78 is 10.5. The molecular weight excluding hydrogens is 286 g/mol. The van der Waals surface area contributed by atoms with Crippen molar-refractivity contribution in [2.75, 3.05) is 14.2 Å². The highest BCUT2D eigenvalue weighted by Gasteiger charge is 2.09. The molecule has 4 heteroatoms. The average Bonchev–Trinajstić information content (AvgIpc) is 2.50. The van der Waals surface area contributed by atoms with Gasteiger partial charge in [-0.1, -0.05) is 35.9 Å². The maximum atomic E-state index is 6.27. The summed E-state index contributed by atoms with van der Waals surface area (Å²) in [6.45, 7) is 3.59. The molecule has 0 unspecified atom stereocenters. The van der Waals surface area contributed by atoms with E-state index in [4.69, 9.17) is 21.1 Å². The first-order valence-electron chi connectivity index (χ1n) is 6.81. The second-order valence-corrected chi connectivity index (χ2v) is 5.24. The van der Waals surface area contributed by atoms with E-state index in [0.717, 1.165) is 12.1 Å². The topological polar surface area (TPSA) is 30.5 Å². The minimum absolute atomic E-state index is 0.644. The molecule has 3 nitrogen and oxygen atoms in total. The number of halogens is 1. The van der Waals surface area contributed by atoms with Gasteiger partial charge in [0.15, 0.2) is 11.5 Å². The van der Waals surface area contributed by atoms with Crippen LogP contribution in [0.25, 0.3) is 0 Å². The van der Waals surface area contributed by atoms with E-state index in [1.807, 2.05) is 18.2 Å². The molecule has 112 valence electrons. The number of nitrogens with one attached hydrogen (secondary N) is 1. The van der Waals surface area contributed by atoms with E-state index in [0.29, 0.717) is 23.1 Å². The monoisotopic (exact) mass is 305 g/mol. The van der Waals surface area contributed by atoms with Gasteiger partial charge in [-0.3, -0.25) is 0 Å². The van der Waals surface area contributed by atoms with E-state index >= 15 is 0 Å². The third-order valence-corrected chi connectivity index (χ3v) is 3.80. The van der Waals surface area contributed by atoms with Crippen molar-refractivity contribution < 1.29 is 9.47 Å². The highest BCUT2D eigenvalue weighted by molar-refractivity contribution is 6.31. The Morgan fingerprint density at radius 1 is 0.952 bits per heavy atom. The number of methoxy groups -OCH3 is 2. The van der Waals surface area contributed by atoms with Gasteiger partial charge in [-0.15, -0.1) is 0 Å². The molecule has 0 atom stereocenters. The first kappa shape index (κ1) is 15.7. The van der Waals surface area contributed by atoms with Crippen LogP contribution in [-0.4, -0.2) is 14.2 Å². The summed E-state index contributed by atoms with van der Waals surface area (Å²) in [5.74, 6) is 1.33. The van der Waals surface area contributed by atoms with E-state index in [9.17, 15) is 0 Å². The Kier molecular flexibility index (Phi) is 5.48. The molecule has 0 bridgehead atoms. The quantitative estimate of drug-likeness (QED) is 0.876. The standard InChI is InChI=1S/C17H20ClNO2/c1-12-6-4-5-7-13(12)10-19-11-14-8-16(20-2)17(21-3)9-15(14)18/h4-9,19H,10-11H2,1-3H3. The fourth-order valence-corrected chi connectivity index (χ4v) is 2.39. The van der Waals surface area contributed by atoms with E-state index < -0.39 is 0 Å². The minimum Gasteiger partial charge on any atom is -0.493 e. The van der Waals surface area contributed by atoms with Crippen molar-refractivity contribution in [2.45, 2.75) is 20.0 Å². The van der Waals surface area contributed by atoms with Gasteiger partial charge in [-0.05, 0) is 29.7 Å². The third kappa shape index (κ3) is 3.90. The number of aryl methyl sites for hydroxylation is 1. The van der Waals surface area contributed by atoms with Crippen LogP contribution in [0.4, 0.5) is 0 Å². The van der Waals surface area contributed by atoms with Gasteiger partial charge in [0.05, 0.1) is 14.2 Å². The van der Waals surface area contributed by atoms with E-state index in [1.165, 1.54) is 11.1 Å². The molecule has 0 radical (unpaired) electrons. The molecule has 0 aromatic heterocycles. The lowest BCUT2D eigenvalue weighted by Gasteiger charge is -2.13. The van der Waals surface area contributed by atoms with Crippen LogP contribution in [0, 0.1) is 6.92 Å². The van der Waals surface area contributed by atoms with E-state index in [-0.39, 0.29) is 0 Å². The smallest absolute Gasteiger partial charge is 0.162 e. The maximum absolute atomic E-state index is 6.27. The van der Waals surface area contributed by atoms with Gasteiger partial charge >= 0.3 is 0 Å². The largest absolute Gasteiger partial charge is 0.493 e. The Labute approximate surface area is 130 Å². The first-order chi connectivity index (χ1) is 10.2. The number of benzene rings is 2. The van der Waals surface area contributed by atoms with Crippen molar-refractivity contribution in [3.63, 3.8) is 0 Å². The number of ether oxygens (including phenoxy) is 2. The fourth-order valence-electron chi connectivity index (χ4n) is 2.17. The third-order valence-electron chi connectivity index (χ3n) is 3.44. The fraction of sp³-hybridized carbons (Fsp3) is 0.294. The van der Waals surface area contributed by atoms with Gasteiger partial charge in [0, 0.05) is 24.2 Å². The zero-order chi connectivity index (χ0) is 15.2. The highest BCUT2D eigenvalue weighted by atomic mass is 35.5. The number of rotatable bonds is 6. The van der Waals surface area contributed by atoms with Gasteiger partial charge in [0.2, 0.25) is 0 Å². The Bertz CT molecular complexity index is 614. The lowest BCUT2D eigenvalue weighted by molar-refractivity contribution is 0.354. The minimum atomic E-state index is 0.644. The summed E-state index contributed by atoms with van der Waals surface area (Å²) in [4.78, 5) is 0. The predicted octanol–water partition coefficient (Wildman–Crippen LogP) is 3.96. The second kappa shape index (κ2) is 7.34. The molecule has 2 aromatic rings. The van der Waals surface area contributed by atoms with Crippen molar-refractivity contribution in [2.24, 2.45) is 0 Å². The number of hydrogen-bond acceptors (Lipinski definition) is 3. The van der Waals surface area contributed by atoms with Gasteiger partial charge in [-0.2, -0.15) is 0 Å². The molecule has 0 aliphatic rings. The average molecular weight is 306 g/mol. The van der Waals surface area contributed by atoms with Crippen LogP contribution in [0.3, 0.4) is 0 Å². The molecule has 2 aromatic carbocycles. The molecule has 2 rings (SSSR count). The van der Waals surface area contributed by atoms with E-state index in [2.05, 4.69) is 24.4 Å². The number of hydrogen-bond donors (Lipinski definition) is 1. The molecule has 0 aliphatic carbocycles. The maximum Gasteiger partial charge on any atom is 0.162 e. The Balaban J connectivity index is 2.05. The van der Waals surface area contributed by atoms with Crippen LogP contribution < -0.4 is 14.8 Å². The zero-order valence-corrected chi connectivity index (χ0v) is 13.3. The van der Waals surface area contributed by atoms with Crippen molar-refractivity contribution >= 4 is 11.6 Å². The molecule has 0 saturated carbocycles. The summed E-state index contributed by atoms with van der Waals surface area (Å²) in [5, 5.41) is 4.08. The lowest BCUT2D eigenvalue weighted by Crippen LogP contribution is -2.14. The predicted molar refractivity (Wildman–Crippen MR) is 86.3 cm³/mol. The van der Waals surface area contributed by atoms with Crippen LogP contribution in [0.15, 0.2) is 36.4 Å². The summed E-state index contributed by atoms with van der Waals surface area (Å²) in [6.07, 6.45) is 0. The molecule has 21 heavy (non-hydrogen) atoms. The van der Waals surface area contributed by atoms with Gasteiger partial charge in [0.25, 0.3) is 0 Å². The summed E-state index contributed by atoms with van der Waals surface area (Å²) in [5.41, 5.74) is 3.56. The van der Waals surface area contributed by atoms with Crippen LogP contribution in [-0.2, 0) is 13.1 Å². The van der Waals surface area contributed by atoms with Gasteiger partial charge < -0.3 is 14.8 Å². The Hall–Kier alpha value is -1.71. The SMILES string of the molecule is COc1cc(Cl)c(CNCc2ccccc2C)cc1OC. The van der Waals surface area contributed by atoms with Crippen molar-refractivity contribution in [1.29, 1.82) is 0 Å². The molecule has 1 N–H and O–H groups in total. The van der Waals surface area contributed by atoms with Crippen molar-refractivity contribution in [3.8, 4) is 11.5 Å². The Morgan fingerprint density at radius 2 is 1.57 bits per heavy atom.